The second kappa shape index (κ2) is 8.58. The SMILES string of the molecule is Nc1c(N)c(N)c2c(c1N)c(N)c1c3c(N)c4c(N)c5c(c(N)c4c(N)c3c3c(N)c(N)c(N)c2c31)c1c(N)c(N)c(N)c2c(N)c(N)c(N)c5c21. The molecule has 0 bridgehead atoms. The molecule has 0 spiro atoms. The van der Waals surface area contributed by atoms with Crippen molar-refractivity contribution in [3.8, 4) is 0 Å². The lowest BCUT2D eigenvalue weighted by Crippen LogP contribution is -2.08. The van der Waals surface area contributed by atoms with Crippen LogP contribution in [0.1, 0.15) is 0 Å². The van der Waals surface area contributed by atoms with Crippen molar-refractivity contribution in [3.05, 3.63) is 0 Å². The summed E-state index contributed by atoms with van der Waals surface area (Å²) < 4.78 is 0. The molecule has 0 aliphatic carbocycles. The molecule has 0 atom stereocenters. The van der Waals surface area contributed by atoms with Crippen LogP contribution >= 0.6 is 0 Å². The van der Waals surface area contributed by atoms with Crippen LogP contribution in [-0.4, -0.2) is 0 Å². The van der Waals surface area contributed by atoms with E-state index >= 15 is 0 Å². The van der Waals surface area contributed by atoms with Crippen molar-refractivity contribution in [1.82, 2.24) is 0 Å². The van der Waals surface area contributed by atoms with Gasteiger partial charge in [-0.15, -0.1) is 0 Å². The zero-order chi connectivity index (χ0) is 37.6. The highest BCUT2D eigenvalue weighted by atomic mass is 14.8. The summed E-state index contributed by atoms with van der Waals surface area (Å²) in [6.07, 6.45) is 0. The first-order valence-corrected chi connectivity index (χ1v) is 15.7. The van der Waals surface area contributed by atoms with Crippen molar-refractivity contribution in [3.63, 3.8) is 0 Å². The van der Waals surface area contributed by atoms with Gasteiger partial charge in [0.05, 0.1) is 102 Å². The molecular weight excluding hydrogens is 660 g/mol. The van der Waals surface area contributed by atoms with E-state index in [0.717, 1.165) is 0 Å². The number of rotatable bonds is 0. The minimum atomic E-state index is 0.0362. The maximum atomic E-state index is 7.20. The molecule has 0 fully saturated rings. The second-order valence-electron chi connectivity index (χ2n) is 13.4. The molecule has 36 N–H and O–H groups in total. The molecule has 9 aromatic carbocycles. The van der Waals surface area contributed by atoms with Gasteiger partial charge in [0.1, 0.15) is 0 Å². The Morgan fingerprint density at radius 1 is 0.0962 bits per heavy atom. The van der Waals surface area contributed by atoms with Crippen LogP contribution in [0.15, 0.2) is 0 Å². The number of nitrogens with two attached hydrogens (primary N) is 18. The predicted molar refractivity (Wildman–Crippen MR) is 228 cm³/mol. The monoisotopic (exact) mass is 696 g/mol. The Labute approximate surface area is 291 Å². The standard InChI is InChI=1S/C34H36N18/c35-17-3-1-4(22(40)30(48)23(41)5(1)12-14(17)29(47)34(52)33(51)26(12)44)9-8(3)18(36)15-16(19(9)37)21(39)11-7-2-6(10(11)20(15)38)24(42)31(49)27(45)13(2)28(46)32(50)25(7)43/h35-52H2. The highest BCUT2D eigenvalue weighted by Gasteiger charge is 2.33. The summed E-state index contributed by atoms with van der Waals surface area (Å²) in [6, 6.07) is 0. The second-order valence-corrected chi connectivity index (χ2v) is 13.4. The quantitative estimate of drug-likeness (QED) is 0.0613. The van der Waals surface area contributed by atoms with E-state index in [9.17, 15) is 0 Å². The summed E-state index contributed by atoms with van der Waals surface area (Å²) in [6.45, 7) is 0. The lowest BCUT2D eigenvalue weighted by atomic mass is 9.91. The van der Waals surface area contributed by atoms with E-state index in [-0.39, 0.29) is 119 Å². The highest BCUT2D eigenvalue weighted by molar-refractivity contribution is 6.53. The van der Waals surface area contributed by atoms with Crippen LogP contribution < -0.4 is 103 Å². The largest absolute Gasteiger partial charge is 0.398 e. The summed E-state index contributed by atoms with van der Waals surface area (Å²) in [5.74, 6) is 0. The minimum Gasteiger partial charge on any atom is -0.398 e. The van der Waals surface area contributed by atoms with Gasteiger partial charge >= 0.3 is 0 Å². The van der Waals surface area contributed by atoms with E-state index in [4.69, 9.17) is 103 Å². The van der Waals surface area contributed by atoms with Crippen LogP contribution in [0.25, 0.3) is 86.2 Å². The third-order valence-corrected chi connectivity index (χ3v) is 11.2. The Kier molecular flexibility index (Phi) is 4.96. The molecule has 0 saturated carbocycles. The molecule has 0 aliphatic rings. The van der Waals surface area contributed by atoms with E-state index in [1.165, 1.54) is 0 Å². The number of fused-ring (bicyclic) bond motifs is 9. The summed E-state index contributed by atoms with van der Waals surface area (Å²) in [5.41, 5.74) is 123. The van der Waals surface area contributed by atoms with Crippen LogP contribution in [0.5, 0.6) is 0 Å². The topological polar surface area (TPSA) is 468 Å². The fourth-order valence-corrected chi connectivity index (χ4v) is 8.78. The number of hydrogen-bond donors (Lipinski definition) is 18. The lowest BCUT2D eigenvalue weighted by Gasteiger charge is -2.20. The molecule has 52 heavy (non-hydrogen) atoms. The van der Waals surface area contributed by atoms with Crippen molar-refractivity contribution in [2.24, 2.45) is 0 Å². The number of anilines is 18. The van der Waals surface area contributed by atoms with Gasteiger partial charge in [-0.3, -0.25) is 0 Å². The molecular formula is C34H36N18. The smallest absolute Gasteiger partial charge is 0.0810 e. The summed E-state index contributed by atoms with van der Waals surface area (Å²) >= 11 is 0. The van der Waals surface area contributed by atoms with E-state index < -0.39 is 0 Å². The van der Waals surface area contributed by atoms with Crippen LogP contribution in [0.3, 0.4) is 0 Å². The molecule has 18 heteroatoms. The van der Waals surface area contributed by atoms with E-state index in [1.807, 2.05) is 0 Å². The Bertz CT molecular complexity index is 3250. The average molecular weight is 697 g/mol. The minimum absolute atomic E-state index is 0.0362. The zero-order valence-corrected chi connectivity index (χ0v) is 27.4. The molecule has 9 aromatic rings. The Hall–Kier alpha value is -8.02. The van der Waals surface area contributed by atoms with Crippen molar-refractivity contribution in [1.29, 1.82) is 0 Å². The van der Waals surface area contributed by atoms with Gasteiger partial charge in [0.25, 0.3) is 0 Å². The van der Waals surface area contributed by atoms with Crippen LogP contribution in [-0.2, 0) is 0 Å². The predicted octanol–water partition coefficient (Wildman–Crippen LogP) is 2.27. The molecule has 0 heterocycles. The first-order valence-electron chi connectivity index (χ1n) is 15.7. The van der Waals surface area contributed by atoms with Crippen LogP contribution in [0, 0.1) is 0 Å². The maximum absolute atomic E-state index is 7.20. The highest BCUT2D eigenvalue weighted by Crippen LogP contribution is 2.62. The van der Waals surface area contributed by atoms with Crippen molar-refractivity contribution >= 4 is 189 Å². The summed E-state index contributed by atoms with van der Waals surface area (Å²) in [4.78, 5) is 0. The molecule has 0 saturated heterocycles. The van der Waals surface area contributed by atoms with E-state index in [0.29, 0.717) is 70.0 Å². The summed E-state index contributed by atoms with van der Waals surface area (Å²) in [5, 5.41) is 6.00. The molecule has 262 valence electrons. The van der Waals surface area contributed by atoms with E-state index in [2.05, 4.69) is 0 Å². The molecule has 9 rings (SSSR count). The fraction of sp³-hybridized carbons (Fsp3) is 0. The van der Waals surface area contributed by atoms with Gasteiger partial charge in [-0.05, 0) is 0 Å². The molecule has 0 amide bonds. The summed E-state index contributed by atoms with van der Waals surface area (Å²) in [7, 11) is 0. The Balaban J connectivity index is 1.68. The van der Waals surface area contributed by atoms with Crippen molar-refractivity contribution in [2.45, 2.75) is 0 Å². The number of nitrogen functional groups attached to an aromatic ring is 18. The third-order valence-electron chi connectivity index (χ3n) is 11.2. The van der Waals surface area contributed by atoms with Crippen molar-refractivity contribution < 1.29 is 0 Å². The van der Waals surface area contributed by atoms with E-state index in [1.54, 1.807) is 0 Å². The van der Waals surface area contributed by atoms with Crippen molar-refractivity contribution in [2.75, 3.05) is 103 Å². The average Bonchev–Trinajstić information content (AvgIpc) is 3.66. The van der Waals surface area contributed by atoms with Gasteiger partial charge < -0.3 is 103 Å². The van der Waals surface area contributed by atoms with Gasteiger partial charge in [-0.2, -0.15) is 0 Å². The molecule has 0 radical (unpaired) electrons. The van der Waals surface area contributed by atoms with Crippen LogP contribution in [0.2, 0.25) is 0 Å². The maximum Gasteiger partial charge on any atom is 0.0810 e. The molecule has 18 nitrogen and oxygen atoms in total. The molecule has 0 aliphatic heterocycles. The fourth-order valence-electron chi connectivity index (χ4n) is 8.78. The Morgan fingerprint density at radius 2 is 0.212 bits per heavy atom. The van der Waals surface area contributed by atoms with Gasteiger partial charge in [0, 0.05) is 86.2 Å². The molecule has 0 unspecified atom stereocenters. The van der Waals surface area contributed by atoms with Gasteiger partial charge in [-0.25, -0.2) is 0 Å². The van der Waals surface area contributed by atoms with Crippen LogP contribution in [0.4, 0.5) is 102 Å². The third kappa shape index (κ3) is 2.75. The normalized spacial score (nSPS) is 12.5. The van der Waals surface area contributed by atoms with Gasteiger partial charge in [-0.1, -0.05) is 0 Å². The number of benzene rings is 7. The van der Waals surface area contributed by atoms with Gasteiger partial charge in [0.15, 0.2) is 0 Å². The first kappa shape index (κ1) is 30.1. The lowest BCUT2D eigenvalue weighted by molar-refractivity contribution is 1.69. The number of hydrogen-bond acceptors (Lipinski definition) is 18. The zero-order valence-electron chi connectivity index (χ0n) is 27.4. The van der Waals surface area contributed by atoms with Gasteiger partial charge in [0.2, 0.25) is 0 Å². The molecule has 0 aromatic heterocycles. The Morgan fingerprint density at radius 3 is 0.481 bits per heavy atom. The first-order chi connectivity index (χ1) is 24.4.